The maximum absolute atomic E-state index is 13.3. The highest BCUT2D eigenvalue weighted by Crippen LogP contribution is 2.31. The molecule has 0 radical (unpaired) electrons. The van der Waals surface area contributed by atoms with Crippen molar-refractivity contribution in [2.45, 2.75) is 51.0 Å². The molecule has 0 aromatic heterocycles. The van der Waals surface area contributed by atoms with Gasteiger partial charge in [-0.25, -0.2) is 8.78 Å². The molecule has 34 heavy (non-hydrogen) atoms. The van der Waals surface area contributed by atoms with Crippen LogP contribution in [0.3, 0.4) is 0 Å². The summed E-state index contributed by atoms with van der Waals surface area (Å²) in [7, 11) is 0. The number of ketones is 2. The minimum absolute atomic E-state index is 0. The van der Waals surface area contributed by atoms with Crippen molar-refractivity contribution in [1.29, 1.82) is 0 Å². The molecule has 0 aliphatic carbocycles. The molecule has 8 heteroatoms. The zero-order valence-electron chi connectivity index (χ0n) is 19.2. The molecule has 184 valence electrons. The monoisotopic (exact) mass is 493 g/mol. The highest BCUT2D eigenvalue weighted by atomic mass is 35.5. The number of rotatable bonds is 10. The Morgan fingerprint density at radius 1 is 0.882 bits per heavy atom. The molecule has 1 aliphatic rings. The second kappa shape index (κ2) is 12.7. The van der Waals surface area contributed by atoms with Gasteiger partial charge >= 0.3 is 5.97 Å². The number of carbonyl (C=O) groups excluding carboxylic acids is 3. The van der Waals surface area contributed by atoms with Crippen molar-refractivity contribution in [2.75, 3.05) is 19.6 Å². The van der Waals surface area contributed by atoms with Gasteiger partial charge in [-0.3, -0.25) is 14.4 Å². The third-order valence-electron chi connectivity index (χ3n) is 5.99. The van der Waals surface area contributed by atoms with Gasteiger partial charge in [-0.15, -0.1) is 12.4 Å². The van der Waals surface area contributed by atoms with Gasteiger partial charge in [0.05, 0.1) is 0 Å². The van der Waals surface area contributed by atoms with E-state index in [4.69, 9.17) is 4.74 Å². The van der Waals surface area contributed by atoms with Crippen LogP contribution in [-0.4, -0.2) is 47.7 Å². The summed E-state index contributed by atoms with van der Waals surface area (Å²) >= 11 is 0. The molecule has 2 aromatic rings. The summed E-state index contributed by atoms with van der Waals surface area (Å²) in [4.78, 5) is 40.0. The summed E-state index contributed by atoms with van der Waals surface area (Å²) in [6.45, 7) is 3.61. The van der Waals surface area contributed by atoms with E-state index in [0.29, 0.717) is 62.9 Å². The molecule has 0 unspecified atom stereocenters. The molecule has 0 bridgehead atoms. The molecule has 1 fully saturated rings. The van der Waals surface area contributed by atoms with Gasteiger partial charge in [0.25, 0.3) is 0 Å². The maximum atomic E-state index is 13.3. The zero-order chi connectivity index (χ0) is 23.8. The average molecular weight is 494 g/mol. The van der Waals surface area contributed by atoms with Crippen LogP contribution in [0.25, 0.3) is 0 Å². The van der Waals surface area contributed by atoms with E-state index < -0.39 is 17.4 Å². The Labute approximate surface area is 204 Å². The van der Waals surface area contributed by atoms with Crippen LogP contribution in [0.2, 0.25) is 0 Å². The molecule has 2 aromatic carbocycles. The number of nitrogens with zero attached hydrogens (tertiary/aromatic N) is 1. The number of benzene rings is 2. The first-order valence-electron chi connectivity index (χ1n) is 11.4. The summed E-state index contributed by atoms with van der Waals surface area (Å²) in [6.07, 6.45) is 2.49. The Morgan fingerprint density at radius 3 is 1.94 bits per heavy atom. The Bertz CT molecular complexity index is 971. The molecular weight excluding hydrogens is 464 g/mol. The topological polar surface area (TPSA) is 63.7 Å². The first-order valence-corrected chi connectivity index (χ1v) is 11.4. The molecular formula is C26H30ClF2NO4. The lowest BCUT2D eigenvalue weighted by Crippen LogP contribution is -2.52. The SMILES string of the molecule is CCCC(=O)OC1(C(=O)c2ccc(F)cc2)CCN(CCCC(=O)c2ccc(F)cc2)CC1.Cl. The zero-order valence-corrected chi connectivity index (χ0v) is 20.0. The van der Waals surface area contributed by atoms with E-state index in [-0.39, 0.29) is 36.2 Å². The van der Waals surface area contributed by atoms with Gasteiger partial charge in [0.1, 0.15) is 11.6 Å². The quantitative estimate of drug-likeness (QED) is 0.327. The van der Waals surface area contributed by atoms with Gasteiger partial charge < -0.3 is 9.64 Å². The van der Waals surface area contributed by atoms with E-state index in [9.17, 15) is 23.2 Å². The van der Waals surface area contributed by atoms with Crippen LogP contribution in [0.1, 0.15) is 66.2 Å². The molecule has 1 saturated heterocycles. The van der Waals surface area contributed by atoms with Gasteiger partial charge in [0.15, 0.2) is 11.4 Å². The standard InChI is InChI=1S/C26H29F2NO4.ClH/c1-2-4-24(31)33-26(25(32)20-8-12-22(28)13-9-20)14-17-29(18-15-26)16-3-5-23(30)19-6-10-21(27)11-7-19;/h6-13H,2-5,14-18H2,1H3;1H. The number of halogens is 3. The van der Waals surface area contributed by atoms with E-state index in [1.54, 1.807) is 0 Å². The number of carbonyl (C=O) groups is 3. The summed E-state index contributed by atoms with van der Waals surface area (Å²) in [5, 5.41) is 0. The summed E-state index contributed by atoms with van der Waals surface area (Å²) in [5.74, 6) is -1.57. The molecule has 0 N–H and O–H groups in total. The van der Waals surface area contributed by atoms with E-state index in [1.165, 1.54) is 48.5 Å². The molecule has 1 heterocycles. The number of likely N-dealkylation sites (tertiary alicyclic amines) is 1. The van der Waals surface area contributed by atoms with E-state index in [0.717, 1.165) is 0 Å². The number of hydrogen-bond donors (Lipinski definition) is 0. The van der Waals surface area contributed by atoms with Crippen molar-refractivity contribution >= 4 is 29.9 Å². The Morgan fingerprint density at radius 2 is 1.41 bits per heavy atom. The highest BCUT2D eigenvalue weighted by Gasteiger charge is 2.45. The number of Topliss-reactive ketones (excluding diaryl/α,β-unsaturated/α-hetero) is 2. The number of piperidine rings is 1. The first kappa shape index (κ1) is 27.6. The largest absolute Gasteiger partial charge is 0.451 e. The van der Waals surface area contributed by atoms with Gasteiger partial charge in [0.2, 0.25) is 5.78 Å². The van der Waals surface area contributed by atoms with Crippen LogP contribution in [0.4, 0.5) is 8.78 Å². The molecule has 0 amide bonds. The molecule has 3 rings (SSSR count). The molecule has 0 saturated carbocycles. The van der Waals surface area contributed by atoms with Crippen molar-refractivity contribution in [3.05, 3.63) is 71.3 Å². The Hall–Kier alpha value is -2.64. The summed E-state index contributed by atoms with van der Waals surface area (Å²) in [5.41, 5.74) is -0.453. The van der Waals surface area contributed by atoms with Crippen LogP contribution < -0.4 is 0 Å². The second-order valence-electron chi connectivity index (χ2n) is 8.43. The molecule has 0 spiro atoms. The first-order chi connectivity index (χ1) is 15.8. The van der Waals surface area contributed by atoms with Crippen molar-refractivity contribution in [2.24, 2.45) is 0 Å². The fourth-order valence-corrected chi connectivity index (χ4v) is 4.09. The lowest BCUT2D eigenvalue weighted by molar-refractivity contribution is -0.159. The lowest BCUT2D eigenvalue weighted by atomic mass is 9.83. The second-order valence-corrected chi connectivity index (χ2v) is 8.43. The average Bonchev–Trinajstić information content (AvgIpc) is 2.81. The predicted octanol–water partition coefficient (Wildman–Crippen LogP) is 5.41. The molecule has 0 atom stereocenters. The fourth-order valence-electron chi connectivity index (χ4n) is 4.09. The maximum Gasteiger partial charge on any atom is 0.306 e. The number of hydrogen-bond acceptors (Lipinski definition) is 5. The van der Waals surface area contributed by atoms with Crippen LogP contribution >= 0.6 is 12.4 Å². The smallest absolute Gasteiger partial charge is 0.306 e. The van der Waals surface area contributed by atoms with Gasteiger partial charge in [-0.1, -0.05) is 6.92 Å². The van der Waals surface area contributed by atoms with Crippen LogP contribution in [0, 0.1) is 11.6 Å². The van der Waals surface area contributed by atoms with Crippen molar-refractivity contribution in [3.8, 4) is 0 Å². The molecule has 1 aliphatic heterocycles. The van der Waals surface area contributed by atoms with Crippen LogP contribution in [0.5, 0.6) is 0 Å². The van der Waals surface area contributed by atoms with Gasteiger partial charge in [0, 0.05) is 49.9 Å². The number of ether oxygens (including phenoxy) is 1. The lowest BCUT2D eigenvalue weighted by Gasteiger charge is -2.40. The van der Waals surface area contributed by atoms with E-state index in [1.807, 2.05) is 6.92 Å². The van der Waals surface area contributed by atoms with E-state index >= 15 is 0 Å². The van der Waals surface area contributed by atoms with Gasteiger partial charge in [-0.2, -0.15) is 0 Å². The van der Waals surface area contributed by atoms with Crippen LogP contribution in [-0.2, 0) is 9.53 Å². The summed E-state index contributed by atoms with van der Waals surface area (Å²) in [6, 6.07) is 10.8. The van der Waals surface area contributed by atoms with Crippen molar-refractivity contribution in [3.63, 3.8) is 0 Å². The minimum Gasteiger partial charge on any atom is -0.451 e. The minimum atomic E-state index is -1.26. The fraction of sp³-hybridized carbons (Fsp3) is 0.423. The third-order valence-corrected chi connectivity index (χ3v) is 5.99. The highest BCUT2D eigenvalue weighted by molar-refractivity contribution is 6.03. The third kappa shape index (κ3) is 7.18. The normalized spacial score (nSPS) is 15.3. The predicted molar refractivity (Wildman–Crippen MR) is 127 cm³/mol. The van der Waals surface area contributed by atoms with Crippen LogP contribution in [0.15, 0.2) is 48.5 Å². The van der Waals surface area contributed by atoms with Crippen molar-refractivity contribution in [1.82, 2.24) is 4.90 Å². The molecule has 5 nitrogen and oxygen atoms in total. The Kier molecular flexibility index (Phi) is 10.3. The van der Waals surface area contributed by atoms with Gasteiger partial charge in [-0.05, 0) is 67.9 Å². The van der Waals surface area contributed by atoms with Crippen molar-refractivity contribution < 1.29 is 27.9 Å². The van der Waals surface area contributed by atoms with E-state index in [2.05, 4.69) is 4.90 Å². The Balaban J connectivity index is 0.00000408. The summed E-state index contributed by atoms with van der Waals surface area (Å²) < 4.78 is 32.1. The number of esters is 1.